The summed E-state index contributed by atoms with van der Waals surface area (Å²) in [5, 5.41) is 2.79. The summed E-state index contributed by atoms with van der Waals surface area (Å²) < 4.78 is 0. The number of carbonyl (C=O) groups excluding carboxylic acids is 1. The fourth-order valence-electron chi connectivity index (χ4n) is 1.31. The molecule has 0 heterocycles. The van der Waals surface area contributed by atoms with Crippen LogP contribution < -0.4 is 11.1 Å². The highest BCUT2D eigenvalue weighted by atomic mass is 16.2. The second-order valence-corrected chi connectivity index (χ2v) is 3.67. The van der Waals surface area contributed by atoms with Crippen LogP contribution in [0.1, 0.15) is 18.9 Å². The largest absolute Gasteiger partial charge is 0.355 e. The van der Waals surface area contributed by atoms with Gasteiger partial charge in [-0.25, -0.2) is 0 Å². The molecule has 3 nitrogen and oxygen atoms in total. The Hall–Kier alpha value is -1.35. The van der Waals surface area contributed by atoms with E-state index in [4.69, 9.17) is 5.73 Å². The Kier molecular flexibility index (Phi) is 4.84. The summed E-state index contributed by atoms with van der Waals surface area (Å²) in [5.74, 6) is -0.0805. The van der Waals surface area contributed by atoms with E-state index in [0.29, 0.717) is 6.54 Å². The third-order valence-corrected chi connectivity index (χ3v) is 2.20. The van der Waals surface area contributed by atoms with Gasteiger partial charge in [0.15, 0.2) is 0 Å². The Balaban J connectivity index is 2.15. The molecule has 0 saturated heterocycles. The van der Waals surface area contributed by atoms with Gasteiger partial charge in [-0.05, 0) is 25.3 Å². The van der Waals surface area contributed by atoms with Gasteiger partial charge in [0.05, 0.1) is 6.04 Å². The highest BCUT2D eigenvalue weighted by Gasteiger charge is 2.04. The lowest BCUT2D eigenvalue weighted by Gasteiger charge is -2.07. The van der Waals surface area contributed by atoms with Gasteiger partial charge in [-0.15, -0.1) is 0 Å². The third kappa shape index (κ3) is 4.61. The molecule has 0 aliphatic heterocycles. The molecular formula is C12H18N2O. The first kappa shape index (κ1) is 11.7. The maximum atomic E-state index is 11.1. The van der Waals surface area contributed by atoms with Crippen molar-refractivity contribution in [3.63, 3.8) is 0 Å². The summed E-state index contributed by atoms with van der Waals surface area (Å²) in [6.07, 6.45) is 1.93. The molecule has 1 aromatic rings. The second kappa shape index (κ2) is 6.19. The molecule has 0 radical (unpaired) electrons. The molecule has 3 N–H and O–H groups in total. The smallest absolute Gasteiger partial charge is 0.236 e. The Bertz CT molecular complexity index is 296. The van der Waals surface area contributed by atoms with Crippen LogP contribution in [0.5, 0.6) is 0 Å². The van der Waals surface area contributed by atoms with Crippen LogP contribution in [0.3, 0.4) is 0 Å². The molecule has 0 bridgehead atoms. The highest BCUT2D eigenvalue weighted by Crippen LogP contribution is 2.01. The fraction of sp³-hybridized carbons (Fsp3) is 0.417. The van der Waals surface area contributed by atoms with Crippen molar-refractivity contribution in [2.45, 2.75) is 25.8 Å². The number of benzene rings is 1. The van der Waals surface area contributed by atoms with Crippen LogP contribution in [0.4, 0.5) is 0 Å². The van der Waals surface area contributed by atoms with E-state index in [1.54, 1.807) is 6.92 Å². The Morgan fingerprint density at radius 3 is 2.67 bits per heavy atom. The number of carbonyl (C=O) groups is 1. The summed E-state index contributed by atoms with van der Waals surface area (Å²) in [5.41, 5.74) is 6.72. The van der Waals surface area contributed by atoms with Gasteiger partial charge in [0.1, 0.15) is 0 Å². The average Bonchev–Trinajstić information content (AvgIpc) is 2.25. The minimum atomic E-state index is -0.415. The van der Waals surface area contributed by atoms with E-state index in [2.05, 4.69) is 17.4 Å². The summed E-state index contributed by atoms with van der Waals surface area (Å²) in [7, 11) is 0. The number of amides is 1. The van der Waals surface area contributed by atoms with Gasteiger partial charge < -0.3 is 11.1 Å². The molecule has 0 aliphatic carbocycles. The molecule has 0 aliphatic rings. The van der Waals surface area contributed by atoms with Crippen molar-refractivity contribution in [1.82, 2.24) is 5.32 Å². The fourth-order valence-corrected chi connectivity index (χ4v) is 1.31. The lowest BCUT2D eigenvalue weighted by atomic mass is 10.1. The van der Waals surface area contributed by atoms with Crippen LogP contribution in [0, 0.1) is 0 Å². The molecule has 1 amide bonds. The standard InChI is InChI=1S/C12H18N2O/c1-10(13)12(15)14-9-5-8-11-6-3-2-4-7-11/h2-4,6-7,10H,5,8-9,13H2,1H3,(H,14,15)/t10-/m1/s1. The Labute approximate surface area is 90.7 Å². The summed E-state index contributed by atoms with van der Waals surface area (Å²) >= 11 is 0. The molecule has 3 heteroatoms. The molecular weight excluding hydrogens is 188 g/mol. The first-order valence-corrected chi connectivity index (χ1v) is 5.27. The van der Waals surface area contributed by atoms with Crippen LogP contribution in [-0.4, -0.2) is 18.5 Å². The molecule has 0 aromatic heterocycles. The summed E-state index contributed by atoms with van der Waals surface area (Å²) in [6, 6.07) is 9.81. The molecule has 82 valence electrons. The van der Waals surface area contributed by atoms with Crippen LogP contribution in [0.25, 0.3) is 0 Å². The van der Waals surface area contributed by atoms with E-state index in [-0.39, 0.29) is 5.91 Å². The van der Waals surface area contributed by atoms with E-state index >= 15 is 0 Å². The monoisotopic (exact) mass is 206 g/mol. The van der Waals surface area contributed by atoms with E-state index in [1.165, 1.54) is 5.56 Å². The minimum absolute atomic E-state index is 0.0805. The first-order valence-electron chi connectivity index (χ1n) is 5.27. The molecule has 0 unspecified atom stereocenters. The van der Waals surface area contributed by atoms with Gasteiger partial charge in [-0.3, -0.25) is 4.79 Å². The SMILES string of the molecule is C[C@@H](N)C(=O)NCCCc1ccccc1. The molecule has 1 atom stereocenters. The number of nitrogens with two attached hydrogens (primary N) is 1. The van der Waals surface area contributed by atoms with Crippen LogP contribution in [0.2, 0.25) is 0 Å². The maximum Gasteiger partial charge on any atom is 0.236 e. The van der Waals surface area contributed by atoms with Crippen molar-refractivity contribution in [1.29, 1.82) is 0 Å². The Morgan fingerprint density at radius 1 is 1.40 bits per heavy atom. The predicted molar refractivity (Wildman–Crippen MR) is 61.4 cm³/mol. The van der Waals surface area contributed by atoms with Crippen molar-refractivity contribution in [2.75, 3.05) is 6.54 Å². The van der Waals surface area contributed by atoms with Crippen LogP contribution in [0.15, 0.2) is 30.3 Å². The number of rotatable bonds is 5. The van der Waals surface area contributed by atoms with E-state index in [1.807, 2.05) is 18.2 Å². The highest BCUT2D eigenvalue weighted by molar-refractivity contribution is 5.80. The first-order chi connectivity index (χ1) is 7.20. The van der Waals surface area contributed by atoms with Crippen molar-refractivity contribution in [3.8, 4) is 0 Å². The zero-order valence-electron chi connectivity index (χ0n) is 9.07. The zero-order valence-corrected chi connectivity index (χ0v) is 9.07. The third-order valence-electron chi connectivity index (χ3n) is 2.20. The van der Waals surface area contributed by atoms with Crippen molar-refractivity contribution in [2.24, 2.45) is 5.73 Å². The number of nitrogens with one attached hydrogen (secondary N) is 1. The van der Waals surface area contributed by atoms with E-state index in [0.717, 1.165) is 12.8 Å². The predicted octanol–water partition coefficient (Wildman–Crippen LogP) is 1.08. The normalized spacial score (nSPS) is 12.1. The lowest BCUT2D eigenvalue weighted by Crippen LogP contribution is -2.38. The van der Waals surface area contributed by atoms with Crippen LogP contribution in [-0.2, 0) is 11.2 Å². The zero-order chi connectivity index (χ0) is 11.1. The molecule has 0 fully saturated rings. The Morgan fingerprint density at radius 2 is 2.07 bits per heavy atom. The van der Waals surface area contributed by atoms with E-state index < -0.39 is 6.04 Å². The maximum absolute atomic E-state index is 11.1. The van der Waals surface area contributed by atoms with Gasteiger partial charge in [-0.1, -0.05) is 30.3 Å². The quantitative estimate of drug-likeness (QED) is 0.708. The van der Waals surface area contributed by atoms with Gasteiger partial charge in [-0.2, -0.15) is 0 Å². The lowest BCUT2D eigenvalue weighted by molar-refractivity contribution is -0.121. The van der Waals surface area contributed by atoms with Gasteiger partial charge in [0.2, 0.25) is 5.91 Å². The summed E-state index contributed by atoms with van der Waals surface area (Å²) in [6.45, 7) is 2.38. The van der Waals surface area contributed by atoms with Crippen molar-refractivity contribution < 1.29 is 4.79 Å². The van der Waals surface area contributed by atoms with Gasteiger partial charge >= 0.3 is 0 Å². The van der Waals surface area contributed by atoms with Crippen molar-refractivity contribution >= 4 is 5.91 Å². The van der Waals surface area contributed by atoms with E-state index in [9.17, 15) is 4.79 Å². The molecule has 1 rings (SSSR count). The molecule has 15 heavy (non-hydrogen) atoms. The number of hydrogen-bond donors (Lipinski definition) is 2. The van der Waals surface area contributed by atoms with Gasteiger partial charge in [0, 0.05) is 6.54 Å². The average molecular weight is 206 g/mol. The second-order valence-electron chi connectivity index (χ2n) is 3.67. The number of hydrogen-bond acceptors (Lipinski definition) is 2. The van der Waals surface area contributed by atoms with Gasteiger partial charge in [0.25, 0.3) is 0 Å². The number of aryl methyl sites for hydroxylation is 1. The topological polar surface area (TPSA) is 55.1 Å². The van der Waals surface area contributed by atoms with Crippen LogP contribution >= 0.6 is 0 Å². The van der Waals surface area contributed by atoms with Crippen molar-refractivity contribution in [3.05, 3.63) is 35.9 Å². The molecule has 0 spiro atoms. The molecule has 0 saturated carbocycles. The summed E-state index contributed by atoms with van der Waals surface area (Å²) in [4.78, 5) is 11.1. The molecule has 1 aromatic carbocycles. The minimum Gasteiger partial charge on any atom is -0.355 e.